The van der Waals surface area contributed by atoms with Gasteiger partial charge in [0.1, 0.15) is 0 Å². The zero-order valence-electron chi connectivity index (χ0n) is 18.0. The molecule has 1 heterocycles. The predicted octanol–water partition coefficient (Wildman–Crippen LogP) is 5.75. The van der Waals surface area contributed by atoms with Crippen LogP contribution in [0, 0.1) is 5.92 Å². The van der Waals surface area contributed by atoms with E-state index in [9.17, 15) is 14.7 Å². The average molecular weight is 456 g/mol. The molecule has 0 saturated carbocycles. The van der Waals surface area contributed by atoms with Crippen LogP contribution in [0.4, 0.5) is 5.69 Å². The van der Waals surface area contributed by atoms with E-state index in [0.29, 0.717) is 28.4 Å². The van der Waals surface area contributed by atoms with Crippen LogP contribution in [0.1, 0.15) is 28.4 Å². The van der Waals surface area contributed by atoms with Crippen LogP contribution in [0.25, 0.3) is 10.8 Å². The normalized spacial score (nSPS) is 18.4. The number of rotatable bonds is 5. The minimum absolute atomic E-state index is 0.293. The molecule has 0 bridgehead atoms. The summed E-state index contributed by atoms with van der Waals surface area (Å²) in [4.78, 5) is 28.6. The minimum atomic E-state index is -1.96. The lowest BCUT2D eigenvalue weighted by atomic mass is 9.79. The number of fused-ring (bicyclic) bond motifs is 2. The lowest BCUT2D eigenvalue weighted by Gasteiger charge is -2.28. The van der Waals surface area contributed by atoms with E-state index in [0.717, 1.165) is 16.3 Å². The molecular weight excluding hydrogens is 434 g/mol. The third-order valence-corrected chi connectivity index (χ3v) is 6.79. The molecule has 2 unspecified atom stereocenters. The summed E-state index contributed by atoms with van der Waals surface area (Å²) in [5.41, 5.74) is 0.479. The van der Waals surface area contributed by atoms with Gasteiger partial charge in [-0.25, -0.2) is 0 Å². The van der Waals surface area contributed by atoms with Crippen LogP contribution in [-0.4, -0.2) is 16.8 Å². The number of halogens is 1. The summed E-state index contributed by atoms with van der Waals surface area (Å²) in [7, 11) is 0. The van der Waals surface area contributed by atoms with Gasteiger partial charge >= 0.3 is 0 Å². The highest BCUT2D eigenvalue weighted by Crippen LogP contribution is 2.46. The average Bonchev–Trinajstić information content (AvgIpc) is 3.06. The smallest absolute Gasteiger partial charge is 0.264 e. The molecule has 1 N–H and O–H groups in total. The van der Waals surface area contributed by atoms with Crippen molar-refractivity contribution in [1.82, 2.24) is 0 Å². The second kappa shape index (κ2) is 8.14. The lowest BCUT2D eigenvalue weighted by Crippen LogP contribution is -2.47. The maximum Gasteiger partial charge on any atom is 0.264 e. The molecule has 0 fully saturated rings. The molecular formula is C28H22ClNO3. The molecule has 4 nitrogen and oxygen atoms in total. The van der Waals surface area contributed by atoms with Gasteiger partial charge in [0.25, 0.3) is 5.91 Å². The Labute approximate surface area is 197 Å². The molecule has 4 aromatic rings. The van der Waals surface area contributed by atoms with E-state index in [4.69, 9.17) is 11.6 Å². The van der Waals surface area contributed by atoms with Crippen LogP contribution in [0.2, 0.25) is 5.02 Å². The van der Waals surface area contributed by atoms with Crippen molar-refractivity contribution in [2.24, 2.45) is 5.92 Å². The number of carbonyl (C=O) groups excluding carboxylic acids is 2. The van der Waals surface area contributed by atoms with Gasteiger partial charge in [-0.1, -0.05) is 79.2 Å². The fraction of sp³-hybridized carbons (Fsp3) is 0.143. The Balaban J connectivity index is 1.55. The number of ketones is 1. The largest absolute Gasteiger partial charge is 0.375 e. The number of para-hydroxylation sites is 1. The molecule has 2 atom stereocenters. The van der Waals surface area contributed by atoms with Gasteiger partial charge in [-0.15, -0.1) is 0 Å². The van der Waals surface area contributed by atoms with Crippen LogP contribution in [-0.2, 0) is 16.9 Å². The third-order valence-electron chi connectivity index (χ3n) is 6.53. The summed E-state index contributed by atoms with van der Waals surface area (Å²) in [6, 6.07) is 27.6. The fourth-order valence-electron chi connectivity index (χ4n) is 4.69. The SMILES string of the molecule is CC(C(=O)c1ccc(Cl)cc1)C1(O)C(=O)N(Cc2cccc3ccccc23)c2ccccc21. The summed E-state index contributed by atoms with van der Waals surface area (Å²) < 4.78 is 0. The molecule has 1 aliphatic heterocycles. The molecule has 0 radical (unpaired) electrons. The Morgan fingerprint density at radius 3 is 2.39 bits per heavy atom. The number of Topliss-reactive ketones (excluding diaryl/α,β-unsaturated/α-hetero) is 1. The molecule has 0 aromatic heterocycles. The third kappa shape index (κ3) is 3.43. The van der Waals surface area contributed by atoms with Gasteiger partial charge in [-0.2, -0.15) is 0 Å². The van der Waals surface area contributed by atoms with E-state index >= 15 is 0 Å². The van der Waals surface area contributed by atoms with Gasteiger partial charge in [0.2, 0.25) is 0 Å². The highest BCUT2D eigenvalue weighted by atomic mass is 35.5. The summed E-state index contributed by atoms with van der Waals surface area (Å²) in [6.07, 6.45) is 0. The topological polar surface area (TPSA) is 57.6 Å². The number of carbonyl (C=O) groups is 2. The molecule has 164 valence electrons. The minimum Gasteiger partial charge on any atom is -0.375 e. The summed E-state index contributed by atoms with van der Waals surface area (Å²) in [6.45, 7) is 1.90. The first-order chi connectivity index (χ1) is 15.9. The van der Waals surface area contributed by atoms with E-state index in [1.807, 2.05) is 54.6 Å². The number of hydrogen-bond acceptors (Lipinski definition) is 3. The zero-order valence-corrected chi connectivity index (χ0v) is 18.8. The number of benzene rings is 4. The molecule has 0 aliphatic carbocycles. The number of amides is 1. The van der Waals surface area contributed by atoms with Crippen LogP contribution in [0.3, 0.4) is 0 Å². The van der Waals surface area contributed by atoms with Gasteiger partial charge in [0.05, 0.1) is 18.2 Å². The van der Waals surface area contributed by atoms with Crippen molar-refractivity contribution in [2.75, 3.05) is 4.90 Å². The molecule has 5 heteroatoms. The first-order valence-corrected chi connectivity index (χ1v) is 11.2. The van der Waals surface area contributed by atoms with Crippen LogP contribution < -0.4 is 4.90 Å². The van der Waals surface area contributed by atoms with E-state index < -0.39 is 17.4 Å². The number of aliphatic hydroxyl groups is 1. The van der Waals surface area contributed by atoms with E-state index in [1.54, 1.807) is 48.2 Å². The molecule has 1 aliphatic rings. The predicted molar refractivity (Wildman–Crippen MR) is 130 cm³/mol. The number of anilines is 1. The standard InChI is InChI=1S/C28H22ClNO3/c1-18(26(31)20-13-15-22(29)16-14-20)28(33)24-11-4-5-12-25(24)30(27(28)32)17-21-9-6-8-19-7-2-3-10-23(19)21/h2-16,18,33H,17H2,1H3. The summed E-state index contributed by atoms with van der Waals surface area (Å²) in [5.74, 6) is -1.79. The van der Waals surface area contributed by atoms with Crippen molar-refractivity contribution in [3.05, 3.63) is 113 Å². The molecule has 33 heavy (non-hydrogen) atoms. The molecule has 0 spiro atoms. The number of nitrogens with zero attached hydrogens (tertiary/aromatic N) is 1. The Kier molecular flexibility index (Phi) is 5.28. The Bertz CT molecular complexity index is 1380. The van der Waals surface area contributed by atoms with Crippen molar-refractivity contribution in [3.8, 4) is 0 Å². The first-order valence-electron chi connectivity index (χ1n) is 10.8. The number of hydrogen-bond donors (Lipinski definition) is 1. The van der Waals surface area contributed by atoms with Crippen LogP contribution >= 0.6 is 11.6 Å². The van der Waals surface area contributed by atoms with Crippen LogP contribution in [0.5, 0.6) is 0 Å². The van der Waals surface area contributed by atoms with Crippen molar-refractivity contribution in [1.29, 1.82) is 0 Å². The van der Waals surface area contributed by atoms with Crippen molar-refractivity contribution < 1.29 is 14.7 Å². The Hall–Kier alpha value is -3.47. The molecule has 1 amide bonds. The maximum absolute atomic E-state index is 13.8. The molecule has 0 saturated heterocycles. The second-order valence-electron chi connectivity index (χ2n) is 8.41. The Morgan fingerprint density at radius 1 is 0.939 bits per heavy atom. The Morgan fingerprint density at radius 2 is 1.61 bits per heavy atom. The van der Waals surface area contributed by atoms with Crippen molar-refractivity contribution >= 4 is 39.8 Å². The highest BCUT2D eigenvalue weighted by molar-refractivity contribution is 6.30. The lowest BCUT2D eigenvalue weighted by molar-refractivity contribution is -0.139. The van der Waals surface area contributed by atoms with Gasteiger partial charge in [0, 0.05) is 16.1 Å². The summed E-state index contributed by atoms with van der Waals surface area (Å²) in [5, 5.41) is 14.4. The van der Waals surface area contributed by atoms with Crippen molar-refractivity contribution in [2.45, 2.75) is 19.1 Å². The van der Waals surface area contributed by atoms with Gasteiger partial charge in [-0.05, 0) is 46.7 Å². The van der Waals surface area contributed by atoms with Gasteiger partial charge in [-0.3, -0.25) is 9.59 Å². The molecule has 4 aromatic carbocycles. The van der Waals surface area contributed by atoms with E-state index in [-0.39, 0.29) is 5.78 Å². The quantitative estimate of drug-likeness (QED) is 0.390. The molecule has 5 rings (SSSR count). The zero-order chi connectivity index (χ0) is 23.2. The van der Waals surface area contributed by atoms with Crippen LogP contribution in [0.15, 0.2) is 91.0 Å². The van der Waals surface area contributed by atoms with Gasteiger partial charge in [0.15, 0.2) is 11.4 Å². The van der Waals surface area contributed by atoms with Gasteiger partial charge < -0.3 is 10.0 Å². The summed E-state index contributed by atoms with van der Waals surface area (Å²) >= 11 is 5.96. The monoisotopic (exact) mass is 455 g/mol. The fourth-order valence-corrected chi connectivity index (χ4v) is 4.82. The highest BCUT2D eigenvalue weighted by Gasteiger charge is 2.55. The van der Waals surface area contributed by atoms with E-state index in [1.165, 1.54) is 0 Å². The van der Waals surface area contributed by atoms with E-state index in [2.05, 4.69) is 0 Å². The maximum atomic E-state index is 13.8. The van der Waals surface area contributed by atoms with Crippen molar-refractivity contribution in [3.63, 3.8) is 0 Å². The second-order valence-corrected chi connectivity index (χ2v) is 8.84. The first kappa shape index (κ1) is 21.4.